The predicted molar refractivity (Wildman–Crippen MR) is 54.4 cm³/mol. The molecule has 0 bridgehead atoms. The van der Waals surface area contributed by atoms with Crippen LogP contribution in [0.4, 0.5) is 0 Å². The van der Waals surface area contributed by atoms with Crippen molar-refractivity contribution < 1.29 is 0 Å². The minimum absolute atomic E-state index is 0.725. The molecule has 1 heterocycles. The van der Waals surface area contributed by atoms with Crippen LogP contribution in [0.25, 0.3) is 0 Å². The second-order valence-electron chi connectivity index (χ2n) is 3.24. The van der Waals surface area contributed by atoms with Crippen LogP contribution >= 0.6 is 15.9 Å². The molecular formula is C10H12BrN. The van der Waals surface area contributed by atoms with Crippen LogP contribution in [-0.2, 0) is 0 Å². The van der Waals surface area contributed by atoms with Crippen LogP contribution < -0.4 is 5.32 Å². The first-order chi connectivity index (χ1) is 5.86. The van der Waals surface area contributed by atoms with Crippen molar-refractivity contribution in [3.05, 3.63) is 34.3 Å². The van der Waals surface area contributed by atoms with E-state index in [0.717, 1.165) is 19.0 Å². The van der Waals surface area contributed by atoms with E-state index in [4.69, 9.17) is 0 Å². The summed E-state index contributed by atoms with van der Waals surface area (Å²) in [7, 11) is 0. The van der Waals surface area contributed by atoms with Gasteiger partial charge in [0.25, 0.3) is 0 Å². The highest BCUT2D eigenvalue weighted by Crippen LogP contribution is 2.24. The Balaban J connectivity index is 2.21. The molecule has 1 aliphatic rings. The van der Waals surface area contributed by atoms with Gasteiger partial charge in [-0.15, -0.1) is 0 Å². The Morgan fingerprint density at radius 2 is 2.33 bits per heavy atom. The van der Waals surface area contributed by atoms with E-state index in [0.29, 0.717) is 0 Å². The van der Waals surface area contributed by atoms with Crippen LogP contribution in [0.5, 0.6) is 0 Å². The third kappa shape index (κ3) is 1.70. The molecule has 1 fully saturated rings. The maximum absolute atomic E-state index is 3.49. The topological polar surface area (TPSA) is 12.0 Å². The lowest BCUT2D eigenvalue weighted by Crippen LogP contribution is -2.07. The van der Waals surface area contributed by atoms with Crippen molar-refractivity contribution in [1.82, 2.24) is 5.32 Å². The highest BCUT2D eigenvalue weighted by atomic mass is 79.9. The van der Waals surface area contributed by atoms with Crippen molar-refractivity contribution in [2.45, 2.75) is 12.3 Å². The number of rotatable bonds is 1. The molecule has 0 saturated carbocycles. The first kappa shape index (κ1) is 8.27. The maximum atomic E-state index is 3.49. The second kappa shape index (κ2) is 3.58. The Bertz CT molecular complexity index is 266. The molecule has 1 atom stereocenters. The van der Waals surface area contributed by atoms with Gasteiger partial charge in [0.15, 0.2) is 0 Å². The van der Waals surface area contributed by atoms with Crippen molar-refractivity contribution in [1.29, 1.82) is 0 Å². The minimum Gasteiger partial charge on any atom is -0.316 e. The fraction of sp³-hybridized carbons (Fsp3) is 0.400. The van der Waals surface area contributed by atoms with Gasteiger partial charge in [0.2, 0.25) is 0 Å². The van der Waals surface area contributed by atoms with Gasteiger partial charge in [-0.2, -0.15) is 0 Å². The molecule has 0 unspecified atom stereocenters. The number of benzene rings is 1. The number of nitrogens with one attached hydrogen (secondary N) is 1. The summed E-state index contributed by atoms with van der Waals surface area (Å²) in [6.45, 7) is 2.30. The summed E-state index contributed by atoms with van der Waals surface area (Å²) in [4.78, 5) is 0. The van der Waals surface area contributed by atoms with E-state index in [2.05, 4.69) is 45.5 Å². The molecule has 2 heteroatoms. The van der Waals surface area contributed by atoms with Crippen molar-refractivity contribution in [2.75, 3.05) is 13.1 Å². The molecule has 0 spiro atoms. The van der Waals surface area contributed by atoms with Crippen molar-refractivity contribution in [3.63, 3.8) is 0 Å². The van der Waals surface area contributed by atoms with Gasteiger partial charge < -0.3 is 5.32 Å². The molecular weight excluding hydrogens is 214 g/mol. The Morgan fingerprint density at radius 1 is 1.42 bits per heavy atom. The molecule has 0 aromatic heterocycles. The van der Waals surface area contributed by atoms with E-state index < -0.39 is 0 Å². The van der Waals surface area contributed by atoms with Crippen LogP contribution in [0.2, 0.25) is 0 Å². The van der Waals surface area contributed by atoms with Gasteiger partial charge >= 0.3 is 0 Å². The minimum atomic E-state index is 0.725. The Labute approximate surface area is 81.3 Å². The first-order valence-corrected chi connectivity index (χ1v) is 5.12. The van der Waals surface area contributed by atoms with Gasteiger partial charge in [0.05, 0.1) is 0 Å². The Hall–Kier alpha value is -0.340. The molecule has 1 aliphatic heterocycles. The zero-order chi connectivity index (χ0) is 8.39. The average Bonchev–Trinajstić information content (AvgIpc) is 2.56. The van der Waals surface area contributed by atoms with Crippen LogP contribution in [0.15, 0.2) is 28.7 Å². The summed E-state index contributed by atoms with van der Waals surface area (Å²) in [6.07, 6.45) is 1.27. The molecule has 1 nitrogen and oxygen atoms in total. The maximum Gasteiger partial charge on any atom is 0.0178 e. The summed E-state index contributed by atoms with van der Waals surface area (Å²) >= 11 is 3.49. The van der Waals surface area contributed by atoms with E-state index in [-0.39, 0.29) is 0 Å². The van der Waals surface area contributed by atoms with E-state index in [1.807, 2.05) is 0 Å². The van der Waals surface area contributed by atoms with Gasteiger partial charge in [-0.1, -0.05) is 28.1 Å². The van der Waals surface area contributed by atoms with Gasteiger partial charge in [-0.25, -0.2) is 0 Å². The second-order valence-corrected chi connectivity index (χ2v) is 4.16. The molecule has 0 aliphatic carbocycles. The van der Waals surface area contributed by atoms with Gasteiger partial charge in [-0.3, -0.25) is 0 Å². The molecule has 1 aromatic carbocycles. The third-order valence-corrected chi connectivity index (χ3v) is 2.87. The fourth-order valence-electron chi connectivity index (χ4n) is 1.70. The molecule has 0 amide bonds. The smallest absolute Gasteiger partial charge is 0.0178 e. The summed E-state index contributed by atoms with van der Waals surface area (Å²) in [5, 5.41) is 3.37. The molecule has 64 valence electrons. The lowest BCUT2D eigenvalue weighted by Gasteiger charge is -2.08. The highest BCUT2D eigenvalue weighted by Gasteiger charge is 2.15. The van der Waals surface area contributed by atoms with E-state index in [1.54, 1.807) is 0 Å². The normalized spacial score (nSPS) is 22.9. The zero-order valence-corrected chi connectivity index (χ0v) is 8.47. The zero-order valence-electron chi connectivity index (χ0n) is 6.89. The first-order valence-electron chi connectivity index (χ1n) is 4.32. The summed E-state index contributed by atoms with van der Waals surface area (Å²) in [6, 6.07) is 8.61. The van der Waals surface area contributed by atoms with Crippen molar-refractivity contribution in [3.8, 4) is 0 Å². The highest BCUT2D eigenvalue weighted by molar-refractivity contribution is 9.10. The predicted octanol–water partition coefficient (Wildman–Crippen LogP) is 2.53. The van der Waals surface area contributed by atoms with Gasteiger partial charge in [-0.05, 0) is 36.6 Å². The molecule has 2 rings (SSSR count). The van der Waals surface area contributed by atoms with E-state index in [1.165, 1.54) is 16.5 Å². The molecule has 0 radical (unpaired) electrons. The number of hydrogen-bond donors (Lipinski definition) is 1. The van der Waals surface area contributed by atoms with E-state index >= 15 is 0 Å². The summed E-state index contributed by atoms with van der Waals surface area (Å²) in [5.41, 5.74) is 1.45. The van der Waals surface area contributed by atoms with Crippen molar-refractivity contribution in [2.24, 2.45) is 0 Å². The summed E-state index contributed by atoms with van der Waals surface area (Å²) < 4.78 is 1.19. The van der Waals surface area contributed by atoms with Gasteiger partial charge in [0, 0.05) is 11.0 Å². The van der Waals surface area contributed by atoms with E-state index in [9.17, 15) is 0 Å². The number of hydrogen-bond acceptors (Lipinski definition) is 1. The van der Waals surface area contributed by atoms with Crippen LogP contribution in [-0.4, -0.2) is 13.1 Å². The Kier molecular flexibility index (Phi) is 2.47. The average molecular weight is 226 g/mol. The SMILES string of the molecule is Brc1cccc([C@H]2CCNC2)c1. The fourth-order valence-corrected chi connectivity index (χ4v) is 2.12. The standard InChI is InChI=1S/C10H12BrN/c11-10-3-1-2-8(6-10)9-4-5-12-7-9/h1-3,6,9,12H,4-5,7H2/t9-/m0/s1. The lowest BCUT2D eigenvalue weighted by molar-refractivity contribution is 0.763. The molecule has 1 N–H and O–H groups in total. The summed E-state index contributed by atoms with van der Waals surface area (Å²) in [5.74, 6) is 0.725. The Morgan fingerprint density at radius 3 is 3.00 bits per heavy atom. The van der Waals surface area contributed by atoms with Gasteiger partial charge in [0.1, 0.15) is 0 Å². The molecule has 1 aromatic rings. The van der Waals surface area contributed by atoms with Crippen LogP contribution in [0.3, 0.4) is 0 Å². The lowest BCUT2D eigenvalue weighted by atomic mass is 9.99. The third-order valence-electron chi connectivity index (χ3n) is 2.38. The number of halogens is 1. The molecule has 12 heavy (non-hydrogen) atoms. The quantitative estimate of drug-likeness (QED) is 0.775. The molecule has 1 saturated heterocycles. The van der Waals surface area contributed by atoms with Crippen LogP contribution in [0.1, 0.15) is 17.9 Å². The largest absolute Gasteiger partial charge is 0.316 e. The van der Waals surface area contributed by atoms with Crippen LogP contribution in [0, 0.1) is 0 Å². The van der Waals surface area contributed by atoms with Crippen molar-refractivity contribution >= 4 is 15.9 Å². The monoisotopic (exact) mass is 225 g/mol.